The topological polar surface area (TPSA) is 297 Å². The quantitative estimate of drug-likeness (QED) is 0.0871. The molecule has 2 aliphatic heterocycles. The minimum atomic E-state index is -5.52. The number of hydrogen-bond donors (Lipinski definition) is 10. The molecule has 39 heavy (non-hydrogen) atoms. The molecule has 3 rings (SSSR count). The average molecular weight is 626 g/mol. The van der Waals surface area contributed by atoms with Crippen LogP contribution in [0.1, 0.15) is 13.2 Å². The number of phosphoric ester groups is 1. The van der Waals surface area contributed by atoms with Crippen molar-refractivity contribution in [2.75, 3.05) is 13.2 Å². The third kappa shape index (κ3) is 7.25. The van der Waals surface area contributed by atoms with Gasteiger partial charge in [-0.2, -0.15) is 4.31 Å². The lowest BCUT2D eigenvalue weighted by Gasteiger charge is -2.41. The van der Waals surface area contributed by atoms with Crippen molar-refractivity contribution in [1.82, 2.24) is 9.55 Å². The molecule has 2 aliphatic rings. The molecule has 3 heterocycles. The number of hydrogen-bond acceptors (Lipinski definition) is 16. The normalized spacial score (nSPS) is 39.1. The number of aromatic amines is 1. The van der Waals surface area contributed by atoms with Gasteiger partial charge in [-0.1, -0.05) is 12.2 Å². The number of nitrogens with one attached hydrogen (secondary N) is 1. The lowest BCUT2D eigenvalue weighted by molar-refractivity contribution is -0.292. The van der Waals surface area contributed by atoms with Crippen molar-refractivity contribution in [2.45, 2.75) is 67.8 Å². The summed E-state index contributed by atoms with van der Waals surface area (Å²) in [5.74, 6) is 0. The predicted molar refractivity (Wildman–Crippen MR) is 126 cm³/mol. The lowest BCUT2D eigenvalue weighted by atomic mass is 9.96. The number of aromatic nitrogens is 2. The summed E-state index contributed by atoms with van der Waals surface area (Å²) in [5, 5.41) is 69.6. The van der Waals surface area contributed by atoms with Crippen molar-refractivity contribution in [3.05, 3.63) is 33.1 Å². The lowest BCUT2D eigenvalue weighted by Crippen LogP contribution is -2.61. The number of aliphatic hydroxyl groups excluding tert-OH is 6. The Morgan fingerprint density at radius 2 is 1.82 bits per heavy atom. The minimum absolute atomic E-state index is 0.741. The van der Waals surface area contributed by atoms with E-state index in [9.17, 15) is 54.3 Å². The second-order valence-corrected chi connectivity index (χ2v) is 13.3. The molecule has 19 nitrogen and oxygen atoms in total. The summed E-state index contributed by atoms with van der Waals surface area (Å²) >= 11 is 3.52. The van der Waals surface area contributed by atoms with Crippen LogP contribution < -0.4 is 11.2 Å². The summed E-state index contributed by atoms with van der Waals surface area (Å²) in [7, 11) is -5.52. The number of H-pyrrole nitrogens is 1. The van der Waals surface area contributed by atoms with E-state index in [0.717, 1.165) is 23.8 Å². The zero-order chi connectivity index (χ0) is 29.5. The molecule has 7 unspecified atom stereocenters. The molecule has 0 aromatic carbocycles. The molecular weight excluding hydrogens is 598 g/mol. The standard InChI is InChI=1S/C17H28N2O17P2S/c1-17(28)13(26)7(33-15(17)19-3-2-8(22)18-16(19)27)5-32-38(31,39)36-37(29,30)35-14-11(25)9(23)10(24)12(34-14)6(21)4-20/h2-3,6-7,9-15,20-21,23-26,28H,4-5H2,1H3,(H,29,30)(H,31,39)(H,18,22,27)/t6-,7+,9?,10?,11?,12?,13+,14?,15+,17+,38?/m0/s1. The zero-order valence-corrected chi connectivity index (χ0v) is 22.5. The monoisotopic (exact) mass is 626 g/mol. The molecule has 22 heteroatoms. The maximum absolute atomic E-state index is 12.6. The van der Waals surface area contributed by atoms with E-state index in [0.29, 0.717) is 0 Å². The van der Waals surface area contributed by atoms with Crippen LogP contribution in [0.3, 0.4) is 0 Å². The van der Waals surface area contributed by atoms with Gasteiger partial charge in [0.2, 0.25) is 0 Å². The second-order valence-electron chi connectivity index (χ2n) is 8.83. The summed E-state index contributed by atoms with van der Waals surface area (Å²) in [6.07, 6.45) is -15.9. The first-order valence-electron chi connectivity index (χ1n) is 11.0. The van der Waals surface area contributed by atoms with E-state index in [-0.39, 0.29) is 0 Å². The van der Waals surface area contributed by atoms with Crippen LogP contribution in [0.15, 0.2) is 21.9 Å². The van der Waals surface area contributed by atoms with Gasteiger partial charge in [0, 0.05) is 12.3 Å². The highest BCUT2D eigenvalue weighted by Crippen LogP contribution is 2.66. The van der Waals surface area contributed by atoms with Gasteiger partial charge in [-0.15, -0.1) is 0 Å². The average Bonchev–Trinajstić information content (AvgIpc) is 3.05. The van der Waals surface area contributed by atoms with E-state index in [4.69, 9.17) is 19.1 Å². The van der Waals surface area contributed by atoms with Crippen LogP contribution in [0.5, 0.6) is 0 Å². The largest absolute Gasteiger partial charge is 0.482 e. The maximum Gasteiger partial charge on any atom is 0.482 e. The Morgan fingerprint density at radius 3 is 2.41 bits per heavy atom. The van der Waals surface area contributed by atoms with Crippen LogP contribution in [-0.2, 0) is 32.0 Å². The molecule has 0 amide bonds. The van der Waals surface area contributed by atoms with E-state index >= 15 is 0 Å². The number of ether oxygens (including phenoxy) is 2. The van der Waals surface area contributed by atoms with Crippen molar-refractivity contribution in [3.8, 4) is 0 Å². The van der Waals surface area contributed by atoms with Crippen molar-refractivity contribution < 1.29 is 72.6 Å². The molecule has 0 saturated carbocycles. The zero-order valence-electron chi connectivity index (χ0n) is 19.8. The number of nitrogens with zero attached hydrogens (tertiary/aromatic N) is 1. The predicted octanol–water partition coefficient (Wildman–Crippen LogP) is -4.11. The third-order valence-corrected chi connectivity index (χ3v) is 9.48. The third-order valence-electron chi connectivity index (χ3n) is 5.88. The van der Waals surface area contributed by atoms with E-state index in [2.05, 4.69) is 21.1 Å². The summed E-state index contributed by atoms with van der Waals surface area (Å²) < 4.78 is 50.0. The first-order valence-corrected chi connectivity index (χ1v) is 15.1. The number of rotatable bonds is 10. The van der Waals surface area contributed by atoms with E-state index in [1.54, 1.807) is 0 Å². The summed E-state index contributed by atoms with van der Waals surface area (Å²) in [6.45, 7) is -5.64. The Labute approximate surface area is 223 Å². The smallest absolute Gasteiger partial charge is 0.394 e. The fourth-order valence-electron chi connectivity index (χ4n) is 3.84. The van der Waals surface area contributed by atoms with Gasteiger partial charge in [-0.25, -0.2) is 13.9 Å². The molecule has 0 spiro atoms. The van der Waals surface area contributed by atoms with Gasteiger partial charge in [-0.3, -0.25) is 23.4 Å². The van der Waals surface area contributed by atoms with Crippen molar-refractivity contribution >= 4 is 26.9 Å². The van der Waals surface area contributed by atoms with Crippen molar-refractivity contribution in [1.29, 1.82) is 0 Å². The molecule has 1 aromatic heterocycles. The molecule has 1 aromatic rings. The summed E-state index contributed by atoms with van der Waals surface area (Å²) in [5.41, 5.74) is -3.88. The van der Waals surface area contributed by atoms with Crippen LogP contribution in [0.25, 0.3) is 0 Å². The van der Waals surface area contributed by atoms with Crippen LogP contribution in [0.4, 0.5) is 0 Å². The molecule has 0 bridgehead atoms. The van der Waals surface area contributed by atoms with Crippen LogP contribution >= 0.6 is 26.9 Å². The van der Waals surface area contributed by atoms with Crippen LogP contribution in [0, 0.1) is 0 Å². The number of thiol groups is 1. The minimum Gasteiger partial charge on any atom is -0.394 e. The molecular formula is C17H28N2O17P2S. The van der Waals surface area contributed by atoms with E-state index in [1.807, 2.05) is 4.98 Å². The second kappa shape index (κ2) is 12.1. The SMILES string of the molecule is C[C@@]1(O)[C@H](O)[C@@H](COP(=O)(S)OP(=O)(O)OC2OC([C@@H](O)CO)C(O)C(O)C2O)O[C@H]1n1ccc(=O)[nH]c1=O. The molecule has 0 aliphatic carbocycles. The van der Waals surface area contributed by atoms with Gasteiger partial charge < -0.3 is 50.1 Å². The molecule has 12 atom stereocenters. The van der Waals surface area contributed by atoms with Gasteiger partial charge in [0.05, 0.1) is 13.2 Å². The van der Waals surface area contributed by atoms with E-state index < -0.39 is 99.9 Å². The highest BCUT2D eigenvalue weighted by molar-refractivity contribution is 8.45. The van der Waals surface area contributed by atoms with Crippen molar-refractivity contribution in [3.63, 3.8) is 0 Å². The Morgan fingerprint density at radius 1 is 1.18 bits per heavy atom. The van der Waals surface area contributed by atoms with Gasteiger partial charge >= 0.3 is 20.3 Å². The van der Waals surface area contributed by atoms with Crippen LogP contribution in [0.2, 0.25) is 0 Å². The fourth-order valence-corrected chi connectivity index (χ4v) is 7.03. The summed E-state index contributed by atoms with van der Waals surface area (Å²) in [4.78, 5) is 35.3. The Bertz CT molecular complexity index is 1230. The highest BCUT2D eigenvalue weighted by atomic mass is 32.7. The summed E-state index contributed by atoms with van der Waals surface area (Å²) in [6, 6.07) is 0.949. The Kier molecular flexibility index (Phi) is 10.0. The highest BCUT2D eigenvalue weighted by Gasteiger charge is 2.54. The van der Waals surface area contributed by atoms with Gasteiger partial charge in [0.15, 0.2) is 12.5 Å². The number of aliphatic hydroxyl groups is 7. The van der Waals surface area contributed by atoms with Crippen molar-refractivity contribution in [2.24, 2.45) is 0 Å². The van der Waals surface area contributed by atoms with E-state index in [1.165, 1.54) is 0 Å². The molecule has 0 radical (unpaired) electrons. The molecule has 2 fully saturated rings. The molecule has 9 N–H and O–H groups in total. The Balaban J connectivity index is 1.66. The maximum atomic E-state index is 12.6. The van der Waals surface area contributed by atoms with Crippen LogP contribution in [-0.4, -0.2) is 118 Å². The fraction of sp³-hybridized carbons (Fsp3) is 0.765. The Hall–Kier alpha value is -1.03. The number of phosphoric acid groups is 1. The molecule has 2 saturated heterocycles. The molecule has 224 valence electrons. The first-order chi connectivity index (χ1) is 17.9. The van der Waals surface area contributed by atoms with Gasteiger partial charge in [-0.05, 0) is 6.92 Å². The van der Waals surface area contributed by atoms with Gasteiger partial charge in [0.25, 0.3) is 5.56 Å². The van der Waals surface area contributed by atoms with Gasteiger partial charge in [0.1, 0.15) is 48.3 Å². The first kappa shape index (κ1) is 32.5.